The second-order valence-electron chi connectivity index (χ2n) is 5.85. The van der Waals surface area contributed by atoms with Gasteiger partial charge in [-0.3, -0.25) is 0 Å². The molecule has 0 saturated heterocycles. The highest BCUT2D eigenvalue weighted by molar-refractivity contribution is 6.82. The van der Waals surface area contributed by atoms with Crippen LogP contribution in [0.5, 0.6) is 0 Å². The predicted molar refractivity (Wildman–Crippen MR) is 114 cm³/mol. The first-order chi connectivity index (χ1) is 12.6. The van der Waals surface area contributed by atoms with Gasteiger partial charge in [0.05, 0.1) is 5.16 Å². The minimum Gasteiger partial charge on any atom is -0.374 e. The van der Waals surface area contributed by atoms with Gasteiger partial charge in [-0.05, 0) is 48.0 Å². The van der Waals surface area contributed by atoms with Crippen LogP contribution in [0.3, 0.4) is 0 Å². The molecule has 0 aromatic rings. The largest absolute Gasteiger partial charge is 0.508 e. The molecular formula is C17H42O6Si3. The highest BCUT2D eigenvalue weighted by Crippen LogP contribution is 2.41. The van der Waals surface area contributed by atoms with E-state index in [2.05, 4.69) is 0 Å². The number of unbranched alkanes of at least 4 members (excludes halogenated alkanes) is 1. The Morgan fingerprint density at radius 3 is 1.12 bits per heavy atom. The van der Waals surface area contributed by atoms with Crippen LogP contribution in [-0.4, -0.2) is 67.5 Å². The third kappa shape index (κ3) is 7.80. The Morgan fingerprint density at radius 2 is 0.885 bits per heavy atom. The summed E-state index contributed by atoms with van der Waals surface area (Å²) in [6, 6.07) is 1.28. The summed E-state index contributed by atoms with van der Waals surface area (Å²) >= 11 is 0. The van der Waals surface area contributed by atoms with Crippen molar-refractivity contribution in [2.45, 2.75) is 72.0 Å². The van der Waals surface area contributed by atoms with Gasteiger partial charge >= 0.3 is 17.6 Å². The Bertz CT molecular complexity index is 276. The summed E-state index contributed by atoms with van der Waals surface area (Å²) in [4.78, 5) is 0. The molecule has 0 aliphatic heterocycles. The lowest BCUT2D eigenvalue weighted by Gasteiger charge is -2.42. The highest BCUT2D eigenvalue weighted by Gasteiger charge is 2.65. The maximum absolute atomic E-state index is 6.25. The van der Waals surface area contributed by atoms with E-state index in [9.17, 15) is 0 Å². The van der Waals surface area contributed by atoms with Gasteiger partial charge in [-0.15, -0.1) is 0 Å². The summed E-state index contributed by atoms with van der Waals surface area (Å²) in [6.07, 6.45) is 3.17. The van der Waals surface area contributed by atoms with Crippen LogP contribution in [0.15, 0.2) is 0 Å². The van der Waals surface area contributed by atoms with Crippen molar-refractivity contribution in [1.82, 2.24) is 0 Å². The average molecular weight is 427 g/mol. The topological polar surface area (TPSA) is 55.4 Å². The summed E-state index contributed by atoms with van der Waals surface area (Å²) in [7, 11) is -4.83. The smallest absolute Gasteiger partial charge is 0.374 e. The van der Waals surface area contributed by atoms with Crippen LogP contribution in [0.1, 0.15) is 60.8 Å². The van der Waals surface area contributed by atoms with Crippen LogP contribution in [0.25, 0.3) is 0 Å². The van der Waals surface area contributed by atoms with Crippen molar-refractivity contribution in [1.29, 1.82) is 0 Å². The predicted octanol–water partition coefficient (Wildman–Crippen LogP) is 2.95. The summed E-state index contributed by atoms with van der Waals surface area (Å²) < 4.78 is 37.5. The van der Waals surface area contributed by atoms with Gasteiger partial charge in [0.15, 0.2) is 0 Å². The quantitative estimate of drug-likeness (QED) is 0.248. The molecule has 0 bridgehead atoms. The number of hydrogen-bond donors (Lipinski definition) is 0. The average Bonchev–Trinajstić information content (AvgIpc) is 2.60. The zero-order valence-corrected chi connectivity index (χ0v) is 22.1. The zero-order valence-electron chi connectivity index (χ0n) is 18.1. The first kappa shape index (κ1) is 26.4. The standard InChI is InChI=1S/C17H42O6Si3/c1-7-18-25(19-8-2,20-9-3)17(15-13-14-16-24)26(21-10-4,22-11-5)23-12-6/h17H,7-16H2,1-6,24H3. The van der Waals surface area contributed by atoms with Crippen molar-refractivity contribution < 1.29 is 26.6 Å². The number of rotatable bonds is 18. The third-order valence-corrected chi connectivity index (χ3v) is 13.3. The molecule has 0 unspecified atom stereocenters. The minimum atomic E-state index is -3.02. The summed E-state index contributed by atoms with van der Waals surface area (Å²) in [5, 5.41) is -0.0945. The van der Waals surface area contributed by atoms with Gasteiger partial charge < -0.3 is 26.6 Å². The first-order valence-corrected chi connectivity index (χ1v) is 15.4. The van der Waals surface area contributed by atoms with E-state index in [4.69, 9.17) is 26.6 Å². The van der Waals surface area contributed by atoms with Gasteiger partial charge in [0.1, 0.15) is 0 Å². The molecule has 0 saturated carbocycles. The van der Waals surface area contributed by atoms with Crippen molar-refractivity contribution in [2.75, 3.05) is 39.6 Å². The van der Waals surface area contributed by atoms with E-state index in [0.717, 1.165) is 12.8 Å². The maximum atomic E-state index is 6.25. The molecule has 0 aliphatic carbocycles. The van der Waals surface area contributed by atoms with Crippen molar-refractivity contribution in [3.05, 3.63) is 0 Å². The first-order valence-electron chi connectivity index (χ1n) is 10.4. The van der Waals surface area contributed by atoms with Crippen LogP contribution < -0.4 is 0 Å². The van der Waals surface area contributed by atoms with Crippen molar-refractivity contribution in [3.63, 3.8) is 0 Å². The van der Waals surface area contributed by atoms with Gasteiger partial charge in [-0.25, -0.2) is 0 Å². The molecule has 0 fully saturated rings. The van der Waals surface area contributed by atoms with Crippen molar-refractivity contribution >= 4 is 27.9 Å². The lowest BCUT2D eigenvalue weighted by molar-refractivity contribution is 0.0311. The minimum absolute atomic E-state index is 0.0945. The molecule has 0 rings (SSSR count). The fourth-order valence-electron chi connectivity index (χ4n) is 3.23. The third-order valence-electron chi connectivity index (χ3n) is 4.02. The second kappa shape index (κ2) is 15.3. The van der Waals surface area contributed by atoms with E-state index >= 15 is 0 Å². The molecule has 0 radical (unpaired) electrons. The fraction of sp³-hybridized carbons (Fsp3) is 1.00. The van der Waals surface area contributed by atoms with E-state index < -0.39 is 17.6 Å². The summed E-state index contributed by atoms with van der Waals surface area (Å²) in [5.41, 5.74) is 0. The molecule has 0 amide bonds. The van der Waals surface area contributed by atoms with Gasteiger partial charge in [0, 0.05) is 49.9 Å². The molecule has 0 aromatic heterocycles. The van der Waals surface area contributed by atoms with Gasteiger partial charge in [0.2, 0.25) is 0 Å². The Kier molecular flexibility index (Phi) is 15.6. The zero-order chi connectivity index (χ0) is 19.9. The molecule has 158 valence electrons. The molecule has 0 aromatic carbocycles. The van der Waals surface area contributed by atoms with Crippen molar-refractivity contribution in [2.24, 2.45) is 0 Å². The molecule has 0 heterocycles. The van der Waals surface area contributed by atoms with Crippen LogP contribution in [0.2, 0.25) is 11.2 Å². The van der Waals surface area contributed by atoms with Crippen LogP contribution in [0.4, 0.5) is 0 Å². The Labute approximate surface area is 166 Å². The van der Waals surface area contributed by atoms with Crippen molar-refractivity contribution in [3.8, 4) is 0 Å². The lowest BCUT2D eigenvalue weighted by Crippen LogP contribution is -2.64. The molecule has 6 nitrogen and oxygen atoms in total. The maximum Gasteiger partial charge on any atom is 0.508 e. The lowest BCUT2D eigenvalue weighted by atomic mass is 10.3. The molecular weight excluding hydrogens is 384 g/mol. The second-order valence-corrected chi connectivity index (χ2v) is 13.0. The molecule has 0 atom stereocenters. The van der Waals surface area contributed by atoms with Gasteiger partial charge in [-0.2, -0.15) is 0 Å². The van der Waals surface area contributed by atoms with Gasteiger partial charge in [0.25, 0.3) is 0 Å². The summed E-state index contributed by atoms with van der Waals surface area (Å²) in [6.45, 7) is 15.2. The van der Waals surface area contributed by atoms with E-state index in [1.54, 1.807) is 0 Å². The molecule has 26 heavy (non-hydrogen) atoms. The van der Waals surface area contributed by atoms with Crippen LogP contribution >= 0.6 is 0 Å². The van der Waals surface area contributed by atoms with E-state index in [1.165, 1.54) is 22.7 Å². The molecule has 9 heteroatoms. The Hall–Kier alpha value is 0.411. The number of hydrogen-bond acceptors (Lipinski definition) is 6. The normalized spacial score (nSPS) is 13.0. The monoisotopic (exact) mass is 426 g/mol. The Morgan fingerprint density at radius 1 is 0.577 bits per heavy atom. The molecule has 0 aliphatic rings. The van der Waals surface area contributed by atoms with E-state index in [-0.39, 0.29) is 5.16 Å². The fourth-order valence-corrected chi connectivity index (χ4v) is 12.2. The van der Waals surface area contributed by atoms with E-state index in [1.807, 2.05) is 41.5 Å². The van der Waals surface area contributed by atoms with E-state index in [0.29, 0.717) is 39.6 Å². The van der Waals surface area contributed by atoms with Gasteiger partial charge in [-0.1, -0.05) is 18.9 Å². The van der Waals surface area contributed by atoms with Crippen LogP contribution in [0, 0.1) is 0 Å². The highest BCUT2D eigenvalue weighted by atomic mass is 28.5. The molecule has 0 spiro atoms. The molecule has 0 N–H and O–H groups in total. The summed E-state index contributed by atoms with van der Waals surface area (Å²) in [5.74, 6) is 0. The SMILES string of the molecule is CCO[Si](OCC)(OCC)C(CCCC[SiH3])[Si](OCC)(OCC)OCC. The Balaban J connectivity index is 6.10. The van der Waals surface area contributed by atoms with Crippen LogP contribution in [-0.2, 0) is 26.6 Å².